The van der Waals surface area contributed by atoms with E-state index >= 15 is 0 Å². The minimum absolute atomic E-state index is 0.344. The minimum atomic E-state index is 0.344. The van der Waals surface area contributed by atoms with Gasteiger partial charge in [-0.25, -0.2) is 4.98 Å². The molecular weight excluding hydrogens is 202 g/mol. The van der Waals surface area contributed by atoms with Crippen LogP contribution < -0.4 is 10.1 Å². The molecule has 2 N–H and O–H groups in total. The molecular formula is C9H12ClN3O. The van der Waals surface area contributed by atoms with Gasteiger partial charge in [0.25, 0.3) is 0 Å². The summed E-state index contributed by atoms with van der Waals surface area (Å²) in [5.74, 6) is 1.11. The van der Waals surface area contributed by atoms with E-state index in [4.69, 9.17) is 21.7 Å². The SMILES string of the molecule is CNc1nc(Cl)cc(OC)c1C(C)=N. The average molecular weight is 214 g/mol. The van der Waals surface area contributed by atoms with Gasteiger partial charge in [-0.3, -0.25) is 0 Å². The van der Waals surface area contributed by atoms with E-state index < -0.39 is 0 Å². The van der Waals surface area contributed by atoms with Crippen LogP contribution in [0.4, 0.5) is 5.82 Å². The largest absolute Gasteiger partial charge is 0.496 e. The molecule has 0 fully saturated rings. The maximum absolute atomic E-state index is 7.59. The van der Waals surface area contributed by atoms with E-state index in [2.05, 4.69) is 10.3 Å². The van der Waals surface area contributed by atoms with Crippen LogP contribution in [0, 0.1) is 5.41 Å². The van der Waals surface area contributed by atoms with Gasteiger partial charge in [-0.15, -0.1) is 0 Å². The van der Waals surface area contributed by atoms with Crippen LogP contribution in [0.1, 0.15) is 12.5 Å². The molecule has 14 heavy (non-hydrogen) atoms. The van der Waals surface area contributed by atoms with Crippen molar-refractivity contribution < 1.29 is 4.74 Å². The highest BCUT2D eigenvalue weighted by Crippen LogP contribution is 2.28. The molecule has 1 aromatic rings. The number of nitrogens with zero attached hydrogens (tertiary/aromatic N) is 1. The first-order valence-electron chi connectivity index (χ1n) is 4.08. The van der Waals surface area contributed by atoms with Crippen molar-refractivity contribution in [2.45, 2.75) is 6.92 Å². The summed E-state index contributed by atoms with van der Waals surface area (Å²) in [6.45, 7) is 1.67. The third kappa shape index (κ3) is 1.96. The third-order valence-corrected chi connectivity index (χ3v) is 1.98. The zero-order chi connectivity index (χ0) is 10.7. The molecule has 0 aliphatic rings. The van der Waals surface area contributed by atoms with Crippen LogP contribution in [0.15, 0.2) is 6.07 Å². The number of pyridine rings is 1. The second-order valence-corrected chi connectivity index (χ2v) is 3.13. The summed E-state index contributed by atoms with van der Waals surface area (Å²) >= 11 is 5.78. The molecule has 0 atom stereocenters. The number of aromatic nitrogens is 1. The van der Waals surface area contributed by atoms with E-state index in [1.165, 1.54) is 7.11 Å². The summed E-state index contributed by atoms with van der Waals surface area (Å²) in [6.07, 6.45) is 0. The van der Waals surface area contributed by atoms with Gasteiger partial charge in [0.1, 0.15) is 16.7 Å². The summed E-state index contributed by atoms with van der Waals surface area (Å²) < 4.78 is 5.12. The Bertz CT molecular complexity index is 340. The Morgan fingerprint density at radius 3 is 2.71 bits per heavy atom. The number of rotatable bonds is 3. The lowest BCUT2D eigenvalue weighted by Gasteiger charge is -2.11. The standard InChI is InChI=1S/C9H12ClN3O/c1-5(11)8-6(14-3)4-7(10)13-9(8)12-2/h4,11H,1-3H3,(H,12,13). The Morgan fingerprint density at radius 1 is 1.64 bits per heavy atom. The fourth-order valence-corrected chi connectivity index (χ4v) is 1.38. The fourth-order valence-electron chi connectivity index (χ4n) is 1.20. The highest BCUT2D eigenvalue weighted by Gasteiger charge is 2.13. The van der Waals surface area contributed by atoms with Gasteiger partial charge in [0.2, 0.25) is 0 Å². The number of hydrogen-bond acceptors (Lipinski definition) is 4. The first-order chi connectivity index (χ1) is 6.60. The maximum atomic E-state index is 7.59. The van der Waals surface area contributed by atoms with Crippen molar-refractivity contribution in [2.24, 2.45) is 0 Å². The number of anilines is 1. The summed E-state index contributed by atoms with van der Waals surface area (Å²) in [5.41, 5.74) is 1.02. The second kappa shape index (κ2) is 4.28. The summed E-state index contributed by atoms with van der Waals surface area (Å²) in [6, 6.07) is 1.59. The first kappa shape index (κ1) is 10.8. The molecule has 1 heterocycles. The predicted octanol–water partition coefficient (Wildman–Crippen LogP) is 2.17. The molecule has 4 nitrogen and oxygen atoms in total. The van der Waals surface area contributed by atoms with Crippen molar-refractivity contribution in [3.63, 3.8) is 0 Å². The first-order valence-corrected chi connectivity index (χ1v) is 4.45. The van der Waals surface area contributed by atoms with E-state index in [1.807, 2.05) is 0 Å². The van der Waals surface area contributed by atoms with Gasteiger partial charge in [0, 0.05) is 18.8 Å². The maximum Gasteiger partial charge on any atom is 0.140 e. The molecule has 0 aromatic carbocycles. The van der Waals surface area contributed by atoms with E-state index in [0.717, 1.165) is 0 Å². The number of methoxy groups -OCH3 is 1. The highest BCUT2D eigenvalue weighted by atomic mass is 35.5. The van der Waals surface area contributed by atoms with Crippen LogP contribution in [0.5, 0.6) is 5.75 Å². The highest BCUT2D eigenvalue weighted by molar-refractivity contribution is 6.30. The lowest BCUT2D eigenvalue weighted by atomic mass is 10.1. The van der Waals surface area contributed by atoms with E-state index in [0.29, 0.717) is 28.0 Å². The fraction of sp³-hybridized carbons (Fsp3) is 0.333. The van der Waals surface area contributed by atoms with E-state index in [1.54, 1.807) is 20.0 Å². The van der Waals surface area contributed by atoms with Crippen molar-refractivity contribution >= 4 is 23.1 Å². The Kier molecular flexibility index (Phi) is 3.30. The smallest absolute Gasteiger partial charge is 0.140 e. The van der Waals surface area contributed by atoms with Gasteiger partial charge < -0.3 is 15.5 Å². The molecule has 1 rings (SSSR count). The normalized spacial score (nSPS) is 9.71. The van der Waals surface area contributed by atoms with Crippen molar-refractivity contribution in [2.75, 3.05) is 19.5 Å². The van der Waals surface area contributed by atoms with Gasteiger partial charge in [0.05, 0.1) is 12.7 Å². The molecule has 0 spiro atoms. The van der Waals surface area contributed by atoms with Gasteiger partial charge in [-0.2, -0.15) is 0 Å². The molecule has 5 heteroatoms. The van der Waals surface area contributed by atoms with Gasteiger partial charge in [0.15, 0.2) is 0 Å². The lowest BCUT2D eigenvalue weighted by Crippen LogP contribution is -2.05. The van der Waals surface area contributed by atoms with Crippen LogP contribution in [0.25, 0.3) is 0 Å². The Hall–Kier alpha value is -1.29. The molecule has 0 saturated heterocycles. The van der Waals surface area contributed by atoms with Crippen molar-refractivity contribution in [3.8, 4) is 5.75 Å². The van der Waals surface area contributed by atoms with Crippen molar-refractivity contribution in [1.29, 1.82) is 5.41 Å². The monoisotopic (exact) mass is 213 g/mol. The number of halogens is 1. The van der Waals surface area contributed by atoms with Gasteiger partial charge >= 0.3 is 0 Å². The van der Waals surface area contributed by atoms with Crippen LogP contribution >= 0.6 is 11.6 Å². The number of ether oxygens (including phenoxy) is 1. The van der Waals surface area contributed by atoms with Crippen LogP contribution in [-0.2, 0) is 0 Å². The molecule has 0 bridgehead atoms. The molecule has 76 valence electrons. The Morgan fingerprint density at radius 2 is 2.29 bits per heavy atom. The average Bonchev–Trinajstić information content (AvgIpc) is 2.15. The Labute approximate surface area is 87.8 Å². The van der Waals surface area contributed by atoms with Crippen LogP contribution in [0.2, 0.25) is 5.15 Å². The zero-order valence-corrected chi connectivity index (χ0v) is 9.07. The molecule has 0 aliphatic carbocycles. The van der Waals surface area contributed by atoms with Crippen molar-refractivity contribution in [1.82, 2.24) is 4.98 Å². The summed E-state index contributed by atoms with van der Waals surface area (Å²) in [7, 11) is 3.27. The third-order valence-electron chi connectivity index (χ3n) is 1.78. The van der Waals surface area contributed by atoms with Gasteiger partial charge in [-0.1, -0.05) is 11.6 Å². The van der Waals surface area contributed by atoms with E-state index in [9.17, 15) is 0 Å². The molecule has 0 unspecified atom stereocenters. The summed E-state index contributed by atoms with van der Waals surface area (Å²) in [5, 5.41) is 10.8. The Balaban J connectivity index is 3.40. The second-order valence-electron chi connectivity index (χ2n) is 2.75. The zero-order valence-electron chi connectivity index (χ0n) is 8.31. The predicted molar refractivity (Wildman–Crippen MR) is 57.8 cm³/mol. The minimum Gasteiger partial charge on any atom is -0.496 e. The summed E-state index contributed by atoms with van der Waals surface area (Å²) in [4.78, 5) is 4.05. The topological polar surface area (TPSA) is 58.0 Å². The van der Waals surface area contributed by atoms with Crippen LogP contribution in [0.3, 0.4) is 0 Å². The van der Waals surface area contributed by atoms with Crippen LogP contribution in [-0.4, -0.2) is 24.9 Å². The quantitative estimate of drug-likeness (QED) is 0.598. The lowest BCUT2D eigenvalue weighted by molar-refractivity contribution is 0.413. The number of hydrogen-bond donors (Lipinski definition) is 2. The molecule has 0 saturated carbocycles. The molecule has 0 aliphatic heterocycles. The molecule has 0 radical (unpaired) electrons. The van der Waals surface area contributed by atoms with E-state index in [-0.39, 0.29) is 0 Å². The molecule has 1 aromatic heterocycles. The molecule has 0 amide bonds. The van der Waals surface area contributed by atoms with Crippen molar-refractivity contribution in [3.05, 3.63) is 16.8 Å². The number of nitrogens with one attached hydrogen (secondary N) is 2. The van der Waals surface area contributed by atoms with Gasteiger partial charge in [-0.05, 0) is 6.92 Å².